The lowest BCUT2D eigenvalue weighted by molar-refractivity contribution is 1.13. The molecule has 0 aromatic carbocycles. The molecule has 1 rings (SSSR count). The van der Waals surface area contributed by atoms with Gasteiger partial charge in [-0.05, 0) is 12.2 Å². The fourth-order valence-electron chi connectivity index (χ4n) is 0.419. The van der Waals surface area contributed by atoms with E-state index in [2.05, 4.69) is 22.4 Å². The van der Waals surface area contributed by atoms with Gasteiger partial charge in [-0.1, -0.05) is 0 Å². The minimum absolute atomic E-state index is 0.0208. The predicted molar refractivity (Wildman–Crippen MR) is 36.0 cm³/mol. The Hall–Kier alpha value is -1.10. The molecule has 0 aliphatic heterocycles. The monoisotopic (exact) mass is 141 g/mol. The summed E-state index contributed by atoms with van der Waals surface area (Å²) in [4.78, 5) is 13.4. The third-order valence-corrected chi connectivity index (χ3v) is 1.09. The second kappa shape index (κ2) is 2.45. The van der Waals surface area contributed by atoms with Gasteiger partial charge in [0, 0.05) is 17.6 Å². The Bertz CT molecular complexity index is 218. The summed E-state index contributed by atoms with van der Waals surface area (Å²) in [6.07, 6.45) is 4.50. The van der Waals surface area contributed by atoms with Crippen LogP contribution in [0.25, 0.3) is 0 Å². The average molecular weight is 141 g/mol. The van der Waals surface area contributed by atoms with Crippen molar-refractivity contribution in [3.63, 3.8) is 0 Å². The van der Waals surface area contributed by atoms with Crippen LogP contribution in [0, 0.1) is 4.91 Å². The van der Waals surface area contributed by atoms with Gasteiger partial charge in [-0.25, -0.2) is 4.98 Å². The van der Waals surface area contributed by atoms with Gasteiger partial charge in [-0.15, -0.1) is 4.91 Å². The summed E-state index contributed by atoms with van der Waals surface area (Å²) < 4.78 is 1.36. The van der Waals surface area contributed by atoms with Crippen LogP contribution in [0.3, 0.4) is 0 Å². The number of aromatic nitrogens is 2. The number of rotatable bonds is 0. The van der Waals surface area contributed by atoms with Gasteiger partial charge in [0.15, 0.2) is 0 Å². The molecule has 0 bridgehead atoms. The van der Waals surface area contributed by atoms with Crippen LogP contribution in [0.5, 0.6) is 0 Å². The summed E-state index contributed by atoms with van der Waals surface area (Å²) in [5.74, 6) is 0. The van der Waals surface area contributed by atoms with Gasteiger partial charge in [0.05, 0.1) is 0 Å². The molecule has 0 saturated heterocycles. The number of hydrogen-bond acceptors (Lipinski definition) is 3. The van der Waals surface area contributed by atoms with Crippen molar-refractivity contribution in [3.05, 3.63) is 23.6 Å². The largest absolute Gasteiger partial charge is 0.278 e. The van der Waals surface area contributed by atoms with Crippen molar-refractivity contribution >= 4 is 17.3 Å². The molecule has 0 saturated carbocycles. The number of imidazole rings is 1. The molecular weight excluding hydrogens is 138 g/mol. The third kappa shape index (κ3) is 1.17. The molecule has 0 unspecified atom stereocenters. The van der Waals surface area contributed by atoms with E-state index in [9.17, 15) is 4.91 Å². The Morgan fingerprint density at radius 1 is 1.78 bits per heavy atom. The van der Waals surface area contributed by atoms with Crippen molar-refractivity contribution < 1.29 is 0 Å². The molecule has 0 fully saturated rings. The molecule has 5 heteroatoms. The number of hydrogen-bond donors (Lipinski definition) is 0. The Morgan fingerprint density at radius 2 is 2.56 bits per heavy atom. The van der Waals surface area contributed by atoms with Gasteiger partial charge in [0.25, 0.3) is 0 Å². The van der Waals surface area contributed by atoms with Crippen molar-refractivity contribution in [2.75, 3.05) is 0 Å². The summed E-state index contributed by atoms with van der Waals surface area (Å²) in [5, 5.41) is 2.51. The zero-order valence-electron chi connectivity index (χ0n) is 4.39. The van der Waals surface area contributed by atoms with Crippen molar-refractivity contribution in [1.29, 1.82) is 0 Å². The van der Waals surface area contributed by atoms with E-state index >= 15 is 0 Å². The maximum Gasteiger partial charge on any atom is 0.248 e. The van der Waals surface area contributed by atoms with Crippen LogP contribution in [0.4, 0.5) is 0 Å². The lowest BCUT2D eigenvalue weighted by Gasteiger charge is -1.88. The highest BCUT2D eigenvalue weighted by molar-refractivity contribution is 7.80. The standard InChI is InChI=1S/C4H3N3OS/c8-6-4(9)7-2-1-5-3-7/h1-3H. The third-order valence-electron chi connectivity index (χ3n) is 0.803. The van der Waals surface area contributed by atoms with Crippen LogP contribution >= 0.6 is 12.2 Å². The van der Waals surface area contributed by atoms with E-state index in [4.69, 9.17) is 0 Å². The van der Waals surface area contributed by atoms with E-state index in [1.165, 1.54) is 17.1 Å². The van der Waals surface area contributed by atoms with Gasteiger partial charge < -0.3 is 0 Å². The topological polar surface area (TPSA) is 47.2 Å². The summed E-state index contributed by atoms with van der Waals surface area (Å²) in [6, 6.07) is 0. The van der Waals surface area contributed by atoms with E-state index in [1.807, 2.05) is 0 Å². The first kappa shape index (κ1) is 6.03. The molecule has 0 atom stereocenters. The fraction of sp³-hybridized carbons (Fsp3) is 0. The van der Waals surface area contributed by atoms with Crippen molar-refractivity contribution in [2.45, 2.75) is 0 Å². The zero-order valence-corrected chi connectivity index (χ0v) is 5.21. The minimum atomic E-state index is -0.0208. The fourth-order valence-corrected chi connectivity index (χ4v) is 0.527. The van der Waals surface area contributed by atoms with Gasteiger partial charge in [-0.2, -0.15) is 0 Å². The second-order valence-electron chi connectivity index (χ2n) is 1.34. The van der Waals surface area contributed by atoms with Crippen LogP contribution in [-0.2, 0) is 0 Å². The molecule has 0 aliphatic carbocycles. The highest BCUT2D eigenvalue weighted by atomic mass is 32.1. The molecule has 46 valence electrons. The highest BCUT2D eigenvalue weighted by Crippen LogP contribution is 1.87. The van der Waals surface area contributed by atoms with Gasteiger partial charge in [0.2, 0.25) is 5.11 Å². The van der Waals surface area contributed by atoms with Crippen LogP contribution in [0.2, 0.25) is 0 Å². The molecule has 0 aliphatic rings. The number of nitrogens with zero attached hydrogens (tertiary/aromatic N) is 3. The summed E-state index contributed by atoms with van der Waals surface area (Å²) in [5.41, 5.74) is 0. The first-order valence-corrected chi connectivity index (χ1v) is 2.61. The lowest BCUT2D eigenvalue weighted by atomic mass is 10.9. The molecule has 0 radical (unpaired) electrons. The van der Waals surface area contributed by atoms with E-state index in [0.29, 0.717) is 0 Å². The zero-order chi connectivity index (χ0) is 6.69. The van der Waals surface area contributed by atoms with Crippen molar-refractivity contribution in [3.8, 4) is 0 Å². The van der Waals surface area contributed by atoms with Crippen molar-refractivity contribution in [1.82, 2.24) is 9.55 Å². The first-order valence-electron chi connectivity index (χ1n) is 2.20. The van der Waals surface area contributed by atoms with E-state index in [0.717, 1.165) is 0 Å². The molecule has 9 heavy (non-hydrogen) atoms. The number of nitroso groups, excluding NO2 is 1. The first-order chi connectivity index (χ1) is 4.34. The van der Waals surface area contributed by atoms with Crippen LogP contribution in [0.1, 0.15) is 0 Å². The van der Waals surface area contributed by atoms with E-state index in [1.54, 1.807) is 6.20 Å². The summed E-state index contributed by atoms with van der Waals surface area (Å²) in [7, 11) is 0. The SMILES string of the molecule is O=NC(=S)n1ccnc1. The average Bonchev–Trinajstić information content (AvgIpc) is 2.37. The molecule has 4 nitrogen and oxygen atoms in total. The molecule has 1 heterocycles. The Morgan fingerprint density at radius 3 is 3.00 bits per heavy atom. The van der Waals surface area contributed by atoms with Gasteiger partial charge >= 0.3 is 0 Å². The minimum Gasteiger partial charge on any atom is -0.278 e. The van der Waals surface area contributed by atoms with E-state index < -0.39 is 0 Å². The Balaban J connectivity index is 2.89. The van der Waals surface area contributed by atoms with Gasteiger partial charge in [0.1, 0.15) is 6.33 Å². The normalized spacial score (nSPS) is 8.89. The quantitative estimate of drug-likeness (QED) is 0.396. The maximum atomic E-state index is 9.76. The second-order valence-corrected chi connectivity index (χ2v) is 1.71. The maximum absolute atomic E-state index is 9.76. The van der Waals surface area contributed by atoms with Crippen LogP contribution < -0.4 is 0 Å². The van der Waals surface area contributed by atoms with Crippen LogP contribution in [0.15, 0.2) is 23.9 Å². The summed E-state index contributed by atoms with van der Waals surface area (Å²) >= 11 is 4.52. The summed E-state index contributed by atoms with van der Waals surface area (Å²) in [6.45, 7) is 0. The molecule has 0 spiro atoms. The van der Waals surface area contributed by atoms with Crippen LogP contribution in [-0.4, -0.2) is 14.7 Å². The molecule has 0 amide bonds. The molecular formula is C4H3N3OS. The lowest BCUT2D eigenvalue weighted by Crippen LogP contribution is -2.00. The Kier molecular flexibility index (Phi) is 1.64. The van der Waals surface area contributed by atoms with E-state index in [-0.39, 0.29) is 5.11 Å². The molecule has 1 aromatic heterocycles. The van der Waals surface area contributed by atoms with Gasteiger partial charge in [-0.3, -0.25) is 4.57 Å². The molecule has 1 aromatic rings. The predicted octanol–water partition coefficient (Wildman–Crippen LogP) is 0.782. The highest BCUT2D eigenvalue weighted by Gasteiger charge is 1.94. The molecule has 0 N–H and O–H groups in total. The van der Waals surface area contributed by atoms with Crippen molar-refractivity contribution in [2.24, 2.45) is 5.18 Å². The number of thiocarbonyl (C=S) groups is 1. The Labute approximate surface area is 56.5 Å². The smallest absolute Gasteiger partial charge is 0.248 e.